The lowest BCUT2D eigenvalue weighted by Gasteiger charge is -1.95. The van der Waals surface area contributed by atoms with Gasteiger partial charge in [-0.2, -0.15) is 5.26 Å². The molecule has 0 aliphatic heterocycles. The van der Waals surface area contributed by atoms with Crippen molar-refractivity contribution in [1.82, 2.24) is 9.97 Å². The Hall–Kier alpha value is -2.12. The molecule has 0 saturated carbocycles. The second kappa shape index (κ2) is 3.72. The van der Waals surface area contributed by atoms with Gasteiger partial charge in [0.15, 0.2) is 5.69 Å². The van der Waals surface area contributed by atoms with E-state index < -0.39 is 0 Å². The van der Waals surface area contributed by atoms with E-state index in [0.29, 0.717) is 5.69 Å². The third-order valence-corrected chi connectivity index (χ3v) is 3.59. The molecule has 0 radical (unpaired) electrons. The largest absolute Gasteiger partial charge is 0.358 e. The zero-order valence-corrected chi connectivity index (χ0v) is 10.0. The van der Waals surface area contributed by atoms with Gasteiger partial charge in [-0.3, -0.25) is 0 Å². The smallest absolute Gasteiger partial charge is 0.152 e. The first-order valence-electron chi connectivity index (χ1n) is 5.23. The highest BCUT2D eigenvalue weighted by atomic mass is 32.1. The summed E-state index contributed by atoms with van der Waals surface area (Å²) in [5.74, 6) is 0. The molecular weight excluding hydrogens is 230 g/mol. The lowest BCUT2D eigenvalue weighted by atomic mass is 10.1. The van der Waals surface area contributed by atoms with E-state index in [1.54, 1.807) is 5.38 Å². The van der Waals surface area contributed by atoms with Crippen molar-refractivity contribution < 1.29 is 0 Å². The van der Waals surface area contributed by atoms with E-state index >= 15 is 0 Å². The summed E-state index contributed by atoms with van der Waals surface area (Å²) in [7, 11) is 0. The SMILES string of the molecule is Cc1[nH]c2ccccc2c1-c1nc(C#N)cs1. The summed E-state index contributed by atoms with van der Waals surface area (Å²) in [5.41, 5.74) is 3.78. The number of hydrogen-bond acceptors (Lipinski definition) is 3. The van der Waals surface area contributed by atoms with Crippen LogP contribution in [0.1, 0.15) is 11.4 Å². The molecule has 17 heavy (non-hydrogen) atoms. The summed E-state index contributed by atoms with van der Waals surface area (Å²) in [5, 5.41) is 12.7. The van der Waals surface area contributed by atoms with E-state index in [1.807, 2.05) is 25.1 Å². The van der Waals surface area contributed by atoms with Crippen LogP contribution in [0, 0.1) is 18.3 Å². The van der Waals surface area contributed by atoms with Crippen molar-refractivity contribution >= 4 is 22.2 Å². The summed E-state index contributed by atoms with van der Waals surface area (Å²) in [6.45, 7) is 2.03. The van der Waals surface area contributed by atoms with Crippen molar-refractivity contribution in [3.8, 4) is 16.6 Å². The standard InChI is InChI=1S/C13H9N3S/c1-8-12(13-16-9(6-14)7-17-13)10-4-2-3-5-11(10)15-8/h2-5,7,15H,1H3. The van der Waals surface area contributed by atoms with E-state index in [1.165, 1.54) is 11.3 Å². The molecule has 3 aromatic rings. The number of para-hydroxylation sites is 1. The first-order valence-corrected chi connectivity index (χ1v) is 6.11. The van der Waals surface area contributed by atoms with E-state index in [9.17, 15) is 0 Å². The predicted molar refractivity (Wildman–Crippen MR) is 68.9 cm³/mol. The molecule has 0 aliphatic rings. The normalized spacial score (nSPS) is 10.6. The van der Waals surface area contributed by atoms with Crippen LogP contribution in [-0.4, -0.2) is 9.97 Å². The molecule has 1 aromatic carbocycles. The van der Waals surface area contributed by atoms with Crippen molar-refractivity contribution in [2.45, 2.75) is 6.92 Å². The first kappa shape index (κ1) is 10.1. The number of nitrogens with zero attached hydrogens (tertiary/aromatic N) is 2. The minimum atomic E-state index is 0.481. The number of fused-ring (bicyclic) bond motifs is 1. The maximum atomic E-state index is 8.82. The van der Waals surface area contributed by atoms with Gasteiger partial charge in [-0.25, -0.2) is 4.98 Å². The van der Waals surface area contributed by atoms with Crippen LogP contribution < -0.4 is 0 Å². The van der Waals surface area contributed by atoms with Crippen LogP contribution >= 0.6 is 11.3 Å². The van der Waals surface area contributed by atoms with Crippen LogP contribution in [0.3, 0.4) is 0 Å². The zero-order valence-electron chi connectivity index (χ0n) is 9.19. The lowest BCUT2D eigenvalue weighted by Crippen LogP contribution is -1.79. The fourth-order valence-electron chi connectivity index (χ4n) is 1.99. The molecule has 3 nitrogen and oxygen atoms in total. The molecule has 0 aliphatic carbocycles. The second-order valence-electron chi connectivity index (χ2n) is 3.82. The fourth-order valence-corrected chi connectivity index (χ4v) is 2.85. The van der Waals surface area contributed by atoms with E-state index in [-0.39, 0.29) is 0 Å². The highest BCUT2D eigenvalue weighted by Gasteiger charge is 2.13. The Kier molecular flexibility index (Phi) is 2.20. The highest BCUT2D eigenvalue weighted by molar-refractivity contribution is 7.13. The van der Waals surface area contributed by atoms with Gasteiger partial charge in [0.1, 0.15) is 11.1 Å². The molecule has 0 atom stereocenters. The number of hydrogen-bond donors (Lipinski definition) is 1. The predicted octanol–water partition coefficient (Wildman–Crippen LogP) is 3.47. The Morgan fingerprint density at radius 1 is 1.35 bits per heavy atom. The maximum absolute atomic E-state index is 8.82. The molecule has 2 aromatic heterocycles. The van der Waals surface area contributed by atoms with Crippen LogP contribution in [0.5, 0.6) is 0 Å². The quantitative estimate of drug-likeness (QED) is 0.707. The van der Waals surface area contributed by atoms with Gasteiger partial charge in [-0.15, -0.1) is 11.3 Å². The van der Waals surface area contributed by atoms with Gasteiger partial charge in [-0.05, 0) is 13.0 Å². The van der Waals surface area contributed by atoms with Crippen LogP contribution in [0.15, 0.2) is 29.6 Å². The first-order chi connectivity index (χ1) is 8.29. The topological polar surface area (TPSA) is 52.5 Å². The summed E-state index contributed by atoms with van der Waals surface area (Å²) < 4.78 is 0. The minimum Gasteiger partial charge on any atom is -0.358 e. The number of H-pyrrole nitrogens is 1. The summed E-state index contributed by atoms with van der Waals surface area (Å²) in [6, 6.07) is 10.2. The zero-order chi connectivity index (χ0) is 11.8. The average molecular weight is 239 g/mol. The summed E-state index contributed by atoms with van der Waals surface area (Å²) >= 11 is 1.51. The Bertz CT molecular complexity index is 731. The molecule has 0 spiro atoms. The van der Waals surface area contributed by atoms with E-state index in [0.717, 1.165) is 27.2 Å². The summed E-state index contributed by atoms with van der Waals surface area (Å²) in [4.78, 5) is 7.66. The molecular formula is C13H9N3S. The van der Waals surface area contributed by atoms with Crippen LogP contribution in [0.2, 0.25) is 0 Å². The Balaban J connectivity index is 2.30. The molecule has 0 bridgehead atoms. The number of aryl methyl sites for hydroxylation is 1. The molecule has 0 unspecified atom stereocenters. The fraction of sp³-hybridized carbons (Fsp3) is 0.0769. The number of benzene rings is 1. The Morgan fingerprint density at radius 2 is 2.18 bits per heavy atom. The van der Waals surface area contributed by atoms with Crippen LogP contribution in [0.25, 0.3) is 21.5 Å². The maximum Gasteiger partial charge on any atom is 0.152 e. The molecule has 0 amide bonds. The van der Waals surface area contributed by atoms with Gasteiger partial charge in [0.25, 0.3) is 0 Å². The molecule has 82 valence electrons. The van der Waals surface area contributed by atoms with Gasteiger partial charge in [0.2, 0.25) is 0 Å². The monoisotopic (exact) mass is 239 g/mol. The van der Waals surface area contributed by atoms with Gasteiger partial charge in [0.05, 0.1) is 0 Å². The molecule has 3 rings (SSSR count). The number of nitriles is 1. The number of aromatic amines is 1. The summed E-state index contributed by atoms with van der Waals surface area (Å²) in [6.07, 6.45) is 0. The number of rotatable bonds is 1. The van der Waals surface area contributed by atoms with Gasteiger partial charge < -0.3 is 4.98 Å². The third kappa shape index (κ3) is 1.52. The van der Waals surface area contributed by atoms with Crippen LogP contribution in [0.4, 0.5) is 0 Å². The minimum absolute atomic E-state index is 0.481. The number of aromatic nitrogens is 2. The van der Waals surface area contributed by atoms with Crippen molar-refractivity contribution in [1.29, 1.82) is 5.26 Å². The van der Waals surface area contributed by atoms with E-state index in [4.69, 9.17) is 5.26 Å². The van der Waals surface area contributed by atoms with Gasteiger partial charge in [-0.1, -0.05) is 18.2 Å². The molecule has 4 heteroatoms. The van der Waals surface area contributed by atoms with Crippen molar-refractivity contribution in [2.24, 2.45) is 0 Å². The van der Waals surface area contributed by atoms with Crippen LogP contribution in [-0.2, 0) is 0 Å². The Morgan fingerprint density at radius 3 is 2.94 bits per heavy atom. The van der Waals surface area contributed by atoms with Crippen molar-refractivity contribution in [2.75, 3.05) is 0 Å². The second-order valence-corrected chi connectivity index (χ2v) is 4.68. The Labute approximate surface area is 102 Å². The van der Waals surface area contributed by atoms with Crippen molar-refractivity contribution in [3.05, 3.63) is 41.0 Å². The van der Waals surface area contributed by atoms with Gasteiger partial charge in [0, 0.05) is 27.5 Å². The van der Waals surface area contributed by atoms with E-state index in [2.05, 4.69) is 22.1 Å². The molecule has 1 N–H and O–H groups in total. The van der Waals surface area contributed by atoms with Crippen molar-refractivity contribution in [3.63, 3.8) is 0 Å². The molecule has 0 saturated heterocycles. The average Bonchev–Trinajstić information content (AvgIpc) is 2.91. The molecule has 0 fully saturated rings. The number of nitrogens with one attached hydrogen (secondary N) is 1. The molecule has 2 heterocycles. The highest BCUT2D eigenvalue weighted by Crippen LogP contribution is 2.33. The number of thiazole rings is 1. The third-order valence-electron chi connectivity index (χ3n) is 2.73. The van der Waals surface area contributed by atoms with Gasteiger partial charge >= 0.3 is 0 Å². The lowest BCUT2D eigenvalue weighted by molar-refractivity contribution is 1.28.